The molecular weight excluding hydrogens is 374 g/mol. The fourth-order valence-electron chi connectivity index (χ4n) is 2.77. The van der Waals surface area contributed by atoms with Gasteiger partial charge in [-0.2, -0.15) is 4.72 Å². The summed E-state index contributed by atoms with van der Waals surface area (Å²) in [6.07, 6.45) is -0.649. The highest BCUT2D eigenvalue weighted by atomic mass is 32.3. The van der Waals surface area contributed by atoms with E-state index >= 15 is 0 Å². The van der Waals surface area contributed by atoms with Crippen molar-refractivity contribution in [3.63, 3.8) is 0 Å². The molecule has 2 aromatic rings. The van der Waals surface area contributed by atoms with Crippen LogP contribution < -0.4 is 14.3 Å². The second-order valence-electron chi connectivity index (χ2n) is 6.10. The smallest absolute Gasteiger partial charge is 0.224 e. The van der Waals surface area contributed by atoms with E-state index in [4.69, 9.17) is 0 Å². The monoisotopic (exact) mass is 395 g/mol. The lowest BCUT2D eigenvalue weighted by atomic mass is 10.1. The molecule has 0 saturated carbocycles. The standard InChI is InChI=1S/C17H21N3O6S/c21-14-4-2-1-3-12(14)18-16(23)8-6-11-5-7-13(15(22)9-11)20-10-17(24)19-27(20,25)26/h1-5,7,9,17,19,21-22,24-26H,6,8,10H2,(H,18,23). The van der Waals surface area contributed by atoms with Gasteiger partial charge in [0.05, 0.1) is 12.2 Å². The number of nitrogens with zero attached hydrogens (tertiary/aromatic N) is 1. The summed E-state index contributed by atoms with van der Waals surface area (Å²) in [6.45, 7) is -0.0851. The number of phenolic OH excluding ortho intramolecular Hbond substituents is 2. The quantitative estimate of drug-likeness (QED) is 0.381. The molecule has 1 amide bonds. The SMILES string of the molecule is O=C(CCc1ccc(N2CC(O)NS2(O)O)c(O)c1)Nc1ccccc1O. The first-order valence-electron chi connectivity index (χ1n) is 8.17. The van der Waals surface area contributed by atoms with Crippen molar-refractivity contribution in [2.45, 2.75) is 19.1 Å². The van der Waals surface area contributed by atoms with Gasteiger partial charge in [0.1, 0.15) is 23.4 Å². The number of phenols is 2. The van der Waals surface area contributed by atoms with E-state index in [1.54, 1.807) is 24.3 Å². The van der Waals surface area contributed by atoms with Crippen LogP contribution in [0.4, 0.5) is 11.4 Å². The van der Waals surface area contributed by atoms with Crippen LogP contribution in [-0.4, -0.2) is 43.1 Å². The van der Waals surface area contributed by atoms with Crippen LogP contribution in [0.2, 0.25) is 0 Å². The van der Waals surface area contributed by atoms with Crippen molar-refractivity contribution in [2.24, 2.45) is 0 Å². The number of aliphatic hydroxyl groups excluding tert-OH is 1. The highest BCUT2D eigenvalue weighted by Gasteiger charge is 2.36. The highest BCUT2D eigenvalue weighted by molar-refractivity contribution is 8.24. The first kappa shape index (κ1) is 19.3. The lowest BCUT2D eigenvalue weighted by Crippen LogP contribution is -2.25. The number of aryl methyl sites for hydroxylation is 1. The van der Waals surface area contributed by atoms with E-state index in [2.05, 4.69) is 10.0 Å². The Kier molecular flexibility index (Phi) is 5.44. The second-order valence-corrected chi connectivity index (χ2v) is 7.82. The predicted octanol–water partition coefficient (Wildman–Crippen LogP) is 1.98. The maximum atomic E-state index is 12.0. The van der Waals surface area contributed by atoms with Gasteiger partial charge < -0.3 is 20.6 Å². The minimum Gasteiger partial charge on any atom is -0.506 e. The average molecular weight is 395 g/mol. The Balaban J connectivity index is 1.63. The number of β-amino-alcohol motifs (C(OH)–C–C–N with tert-alkyl or cyclic N) is 1. The maximum Gasteiger partial charge on any atom is 0.224 e. The van der Waals surface area contributed by atoms with Gasteiger partial charge >= 0.3 is 0 Å². The van der Waals surface area contributed by atoms with Crippen molar-refractivity contribution in [1.82, 2.24) is 4.72 Å². The van der Waals surface area contributed by atoms with Crippen molar-refractivity contribution < 1.29 is 29.2 Å². The van der Waals surface area contributed by atoms with Gasteiger partial charge in [-0.3, -0.25) is 18.2 Å². The molecule has 2 aromatic carbocycles. The molecule has 27 heavy (non-hydrogen) atoms. The third kappa shape index (κ3) is 4.43. The van der Waals surface area contributed by atoms with Crippen molar-refractivity contribution in [3.8, 4) is 11.5 Å². The number of hydrogen-bond donors (Lipinski definition) is 7. The van der Waals surface area contributed by atoms with Crippen molar-refractivity contribution in [3.05, 3.63) is 48.0 Å². The normalized spacial score (nSPS) is 19.7. The van der Waals surface area contributed by atoms with Crippen LogP contribution in [0.5, 0.6) is 11.5 Å². The Hall–Kier alpha value is -2.50. The van der Waals surface area contributed by atoms with E-state index in [1.807, 2.05) is 0 Å². The Labute approximate surface area is 157 Å². The van der Waals surface area contributed by atoms with Gasteiger partial charge in [-0.1, -0.05) is 29.2 Å². The predicted molar refractivity (Wildman–Crippen MR) is 103 cm³/mol. The third-order valence-corrected chi connectivity index (χ3v) is 5.62. The van der Waals surface area contributed by atoms with Gasteiger partial charge in [-0.25, -0.2) is 0 Å². The molecule has 1 atom stereocenters. The Morgan fingerprint density at radius 3 is 2.56 bits per heavy atom. The van der Waals surface area contributed by atoms with Crippen LogP contribution in [0.25, 0.3) is 0 Å². The van der Waals surface area contributed by atoms with Gasteiger partial charge in [0.25, 0.3) is 0 Å². The Bertz CT molecular complexity index is 847. The van der Waals surface area contributed by atoms with Gasteiger partial charge in [-0.05, 0) is 36.2 Å². The van der Waals surface area contributed by atoms with Crippen molar-refractivity contribution in [1.29, 1.82) is 0 Å². The Morgan fingerprint density at radius 1 is 1.19 bits per heavy atom. The molecule has 0 bridgehead atoms. The Morgan fingerprint density at radius 2 is 1.93 bits per heavy atom. The lowest BCUT2D eigenvalue weighted by molar-refractivity contribution is -0.116. The number of rotatable bonds is 5. The lowest BCUT2D eigenvalue weighted by Gasteiger charge is -2.36. The number of anilines is 2. The number of benzene rings is 2. The average Bonchev–Trinajstić information content (AvgIpc) is 2.87. The highest BCUT2D eigenvalue weighted by Crippen LogP contribution is 2.49. The summed E-state index contributed by atoms with van der Waals surface area (Å²) < 4.78 is 23.2. The number of hydrogen-bond acceptors (Lipinski definition) is 8. The zero-order valence-corrected chi connectivity index (χ0v) is 15.1. The van der Waals surface area contributed by atoms with E-state index in [0.29, 0.717) is 17.7 Å². The topological polar surface area (TPSA) is 146 Å². The fraction of sp³-hybridized carbons (Fsp3) is 0.235. The van der Waals surface area contributed by atoms with Gasteiger partial charge in [0.15, 0.2) is 0 Å². The summed E-state index contributed by atoms with van der Waals surface area (Å²) >= 11 is 0. The second kappa shape index (κ2) is 7.62. The van der Waals surface area contributed by atoms with Crippen molar-refractivity contribution >= 4 is 28.2 Å². The van der Waals surface area contributed by atoms with Crippen LogP contribution in [0.3, 0.4) is 0 Å². The number of amides is 1. The molecule has 0 spiro atoms. The minimum atomic E-state index is -3.40. The molecule has 0 aromatic heterocycles. The molecule has 1 unspecified atom stereocenters. The van der Waals surface area contributed by atoms with Crippen LogP contribution in [0.15, 0.2) is 42.5 Å². The molecule has 1 saturated heterocycles. The summed E-state index contributed by atoms with van der Waals surface area (Å²) in [5.74, 6) is -0.501. The van der Waals surface area contributed by atoms with E-state index in [-0.39, 0.29) is 36.1 Å². The number of aliphatic hydroxyl groups is 1. The summed E-state index contributed by atoms with van der Waals surface area (Å²) in [6, 6.07) is 11.0. The van der Waals surface area contributed by atoms with Crippen LogP contribution in [0, 0.1) is 0 Å². The van der Waals surface area contributed by atoms with E-state index < -0.39 is 17.2 Å². The number of para-hydroxylation sites is 2. The van der Waals surface area contributed by atoms with E-state index in [0.717, 1.165) is 4.31 Å². The molecule has 1 aliphatic heterocycles. The third-order valence-electron chi connectivity index (χ3n) is 4.07. The summed E-state index contributed by atoms with van der Waals surface area (Å²) in [5.41, 5.74) is 1.17. The van der Waals surface area contributed by atoms with Crippen LogP contribution >= 0.6 is 11.0 Å². The molecule has 1 fully saturated rings. The first-order valence-corrected chi connectivity index (χ1v) is 9.67. The fourth-order valence-corrected chi connectivity index (χ4v) is 4.11. The van der Waals surface area contributed by atoms with Gasteiger partial charge in [0.2, 0.25) is 5.91 Å². The molecule has 1 heterocycles. The molecule has 0 radical (unpaired) electrons. The molecule has 0 aliphatic carbocycles. The van der Waals surface area contributed by atoms with E-state index in [1.165, 1.54) is 18.2 Å². The number of carbonyl (C=O) groups excluding carboxylic acids is 1. The van der Waals surface area contributed by atoms with Gasteiger partial charge in [-0.15, -0.1) is 0 Å². The molecule has 3 rings (SSSR count). The molecular formula is C17H21N3O6S. The first-order chi connectivity index (χ1) is 12.8. The molecule has 146 valence electrons. The summed E-state index contributed by atoms with van der Waals surface area (Å²) in [5, 5.41) is 32.0. The molecule has 9 nitrogen and oxygen atoms in total. The summed E-state index contributed by atoms with van der Waals surface area (Å²) in [4.78, 5) is 12.0. The van der Waals surface area contributed by atoms with Crippen molar-refractivity contribution in [2.75, 3.05) is 16.2 Å². The molecule has 1 aliphatic rings. The van der Waals surface area contributed by atoms with Crippen LogP contribution in [-0.2, 0) is 11.2 Å². The maximum absolute atomic E-state index is 12.0. The largest absolute Gasteiger partial charge is 0.506 e. The van der Waals surface area contributed by atoms with E-state index in [9.17, 15) is 29.2 Å². The zero-order chi connectivity index (χ0) is 19.6. The number of aromatic hydroxyl groups is 2. The zero-order valence-electron chi connectivity index (χ0n) is 14.2. The van der Waals surface area contributed by atoms with Gasteiger partial charge in [0, 0.05) is 6.42 Å². The molecule has 7 N–H and O–H groups in total. The summed E-state index contributed by atoms with van der Waals surface area (Å²) in [7, 11) is -3.40. The molecule has 10 heteroatoms. The minimum absolute atomic E-state index is 0.0201. The number of carbonyl (C=O) groups is 1. The number of nitrogens with one attached hydrogen (secondary N) is 2. The van der Waals surface area contributed by atoms with Crippen LogP contribution in [0.1, 0.15) is 12.0 Å².